The van der Waals surface area contributed by atoms with Gasteiger partial charge in [0, 0.05) is 28.2 Å². The molecule has 1 aromatic carbocycles. The Morgan fingerprint density at radius 2 is 1.21 bits per heavy atom. The van der Waals surface area contributed by atoms with Gasteiger partial charge >= 0.3 is 8.53 Å². The van der Waals surface area contributed by atoms with Crippen molar-refractivity contribution in [3.8, 4) is 6.07 Å². The van der Waals surface area contributed by atoms with Crippen molar-refractivity contribution in [2.75, 3.05) is 91.2 Å². The quantitative estimate of drug-likeness (QED) is 0.0188. The van der Waals surface area contributed by atoms with Crippen molar-refractivity contribution in [2.24, 2.45) is 19.7 Å². The summed E-state index contributed by atoms with van der Waals surface area (Å²) in [5.41, 5.74) is 13.1. The lowest BCUT2D eigenvalue weighted by molar-refractivity contribution is -0.185. The number of hydrogen-bond donors (Lipinski definition) is 7. The zero-order valence-electron chi connectivity index (χ0n) is 60.0. The molecule has 8 aromatic rings. The van der Waals surface area contributed by atoms with Crippen molar-refractivity contribution in [3.63, 3.8) is 0 Å². The lowest BCUT2D eigenvalue weighted by Gasteiger charge is -2.31. The smallest absolute Gasteiger partial charge is 0.310 e. The Bertz CT molecular complexity index is 4570. The number of hydrogen-bond acceptors (Lipinski definition) is 33. The zero-order chi connectivity index (χ0) is 75.5. The molecule has 8 saturated heterocycles. The number of nitriles is 1. The molecule has 572 valence electrons. The fourth-order valence-electron chi connectivity index (χ4n) is 13.7. The number of nitrogens with zero attached hydrogens (tertiary/aromatic N) is 21. The van der Waals surface area contributed by atoms with E-state index in [1.807, 2.05) is 81.0 Å². The number of guanidine groups is 1. The minimum Gasteiger partial charge on any atom is -0.393 e. The van der Waals surface area contributed by atoms with Crippen LogP contribution in [0.4, 0.5) is 23.7 Å². The molecule has 0 amide bonds. The van der Waals surface area contributed by atoms with Crippen LogP contribution < -0.4 is 16.8 Å². The molecule has 0 saturated carbocycles. The maximum Gasteiger partial charge on any atom is 0.310 e. The summed E-state index contributed by atoms with van der Waals surface area (Å²) < 4.78 is 77.0. The highest BCUT2D eigenvalue weighted by molar-refractivity contribution is 7.45. The Morgan fingerprint density at radius 3 is 1.80 bits per heavy atom. The van der Waals surface area contributed by atoms with E-state index in [-0.39, 0.29) is 74.8 Å². The normalized spacial score (nSPS) is 30.5. The molecule has 0 spiro atoms. The van der Waals surface area contributed by atoms with Crippen molar-refractivity contribution < 1.29 is 72.1 Å². The fourth-order valence-corrected chi connectivity index (χ4v) is 14.8. The molecule has 7 aromatic heterocycles. The number of aromatic nitrogens is 14. The molecular formula is C66H86ClN24O15P. The molecule has 17 atom stereocenters. The third-order valence-corrected chi connectivity index (χ3v) is 20.4. The van der Waals surface area contributed by atoms with Gasteiger partial charge in [0.2, 0.25) is 17.9 Å². The molecule has 5 unspecified atom stereocenters. The van der Waals surface area contributed by atoms with Crippen LogP contribution in [0, 0.1) is 11.3 Å². The first-order chi connectivity index (χ1) is 51.7. The summed E-state index contributed by atoms with van der Waals surface area (Å²) >= 11 is 6.16. The van der Waals surface area contributed by atoms with Crippen LogP contribution in [0.3, 0.4) is 0 Å². The first kappa shape index (κ1) is 76.6. The van der Waals surface area contributed by atoms with Gasteiger partial charge < -0.3 is 98.7 Å². The van der Waals surface area contributed by atoms with Crippen LogP contribution in [-0.4, -0.2) is 269 Å². The number of nitrogens with two attached hydrogens (primary N) is 2. The summed E-state index contributed by atoms with van der Waals surface area (Å²) in [6.07, 6.45) is 9.48. The van der Waals surface area contributed by atoms with Gasteiger partial charge in [0.25, 0.3) is 5.95 Å². The lowest BCUT2D eigenvalue weighted by Crippen LogP contribution is -2.44. The van der Waals surface area contributed by atoms with Crippen molar-refractivity contribution in [2.45, 2.75) is 163 Å². The Labute approximate surface area is 619 Å². The molecule has 9 aliphatic heterocycles. The highest BCUT2D eigenvalue weighted by atomic mass is 35.5. The van der Waals surface area contributed by atoms with Gasteiger partial charge in [-0.3, -0.25) is 18.3 Å². The number of fused-ring (bicyclic) bond motifs is 12. The van der Waals surface area contributed by atoms with Gasteiger partial charge in [0.1, 0.15) is 99.3 Å². The van der Waals surface area contributed by atoms with E-state index >= 15 is 0 Å². The van der Waals surface area contributed by atoms with Crippen molar-refractivity contribution in [1.82, 2.24) is 77.9 Å². The molecule has 107 heavy (non-hydrogen) atoms. The summed E-state index contributed by atoms with van der Waals surface area (Å²) in [4.78, 5) is 58.6. The van der Waals surface area contributed by atoms with E-state index in [4.69, 9.17) is 80.0 Å². The Hall–Kier alpha value is -8.63. The number of aliphatic hydroxyl groups excluding tert-OH is 4. The minimum atomic E-state index is -1.62. The summed E-state index contributed by atoms with van der Waals surface area (Å²) in [5, 5.41) is 51.7. The molecule has 9 aliphatic rings. The second kappa shape index (κ2) is 32.3. The largest absolute Gasteiger partial charge is 0.393 e. The van der Waals surface area contributed by atoms with Gasteiger partial charge in [0.05, 0.1) is 122 Å². The molecule has 16 heterocycles. The summed E-state index contributed by atoms with van der Waals surface area (Å²) in [6, 6.07) is 12.1. The van der Waals surface area contributed by atoms with E-state index in [2.05, 4.69) is 102 Å². The van der Waals surface area contributed by atoms with Gasteiger partial charge in [-0.2, -0.15) is 25.2 Å². The molecule has 17 rings (SSSR count). The van der Waals surface area contributed by atoms with Gasteiger partial charge in [-0.25, -0.2) is 49.6 Å². The highest BCUT2D eigenvalue weighted by Gasteiger charge is 2.66. The lowest BCUT2D eigenvalue weighted by atomic mass is 9.96. The topological polar surface area (TPSA) is 475 Å². The Kier molecular flexibility index (Phi) is 23.1. The number of nitrogen functional groups attached to an aromatic ring is 2. The van der Waals surface area contributed by atoms with Crippen LogP contribution in [0.2, 0.25) is 5.15 Å². The van der Waals surface area contributed by atoms with E-state index in [1.165, 1.54) is 18.9 Å². The van der Waals surface area contributed by atoms with E-state index in [0.29, 0.717) is 78.2 Å². The number of halogens is 1. The van der Waals surface area contributed by atoms with Crippen molar-refractivity contribution in [1.29, 1.82) is 5.26 Å². The third-order valence-electron chi connectivity index (χ3n) is 19.1. The number of aliphatic hydroxyl groups is 4. The van der Waals surface area contributed by atoms with Gasteiger partial charge in [0.15, 0.2) is 47.0 Å². The SMILES string of the molecule is C=NP(OCCC#N)OC1[C@@H]2OC[C@]1(CC)O[C@H]2n1cnc2c1NC(N=CN(C)C)=NC2.CCC.CC[C@]12CO[C@@H](C1OCc1ccccc1)[C@H](n1cnc3c(Cl)nc(N)nc31)O2.CN(C)C=Nc1ncc2ncn([C@@H]3O[C@@]4(CO)CO[C@H]3C4O)c2n1.Nc1ncc2ncn([C@@H]3O[C@@]4(CO)CO[C@H]3C4O)c2n1. The minimum absolute atomic E-state index is 0.0883. The monoisotopic (exact) mass is 1520 g/mol. The number of benzene rings is 1. The predicted molar refractivity (Wildman–Crippen MR) is 386 cm³/mol. The fraction of sp³-hybridized carbons (Fsp3) is 0.561. The van der Waals surface area contributed by atoms with Crippen LogP contribution in [0.5, 0.6) is 0 Å². The predicted octanol–water partition coefficient (Wildman–Crippen LogP) is 3.71. The van der Waals surface area contributed by atoms with E-state index in [0.717, 1.165) is 23.5 Å². The summed E-state index contributed by atoms with van der Waals surface area (Å²) in [7, 11) is 5.87. The van der Waals surface area contributed by atoms with Gasteiger partial charge in [-0.15, -0.1) is 0 Å². The second-order valence-electron chi connectivity index (χ2n) is 26.8. The van der Waals surface area contributed by atoms with E-state index < -0.39 is 86.4 Å². The summed E-state index contributed by atoms with van der Waals surface area (Å²) in [5.74, 6) is 1.78. The number of aliphatic imine (C=N–C) groups is 3. The average Bonchev–Trinajstić information content (AvgIpc) is 1.57. The van der Waals surface area contributed by atoms with Crippen LogP contribution in [-0.2, 0) is 64.8 Å². The number of imidazole rings is 4. The number of rotatable bonds is 20. The Morgan fingerprint density at radius 1 is 0.682 bits per heavy atom. The first-order valence-electron chi connectivity index (χ1n) is 34.7. The van der Waals surface area contributed by atoms with E-state index in [9.17, 15) is 20.4 Å². The van der Waals surface area contributed by atoms with Crippen LogP contribution in [0.1, 0.15) is 89.5 Å². The molecular weight excluding hydrogens is 1440 g/mol. The number of ether oxygens (including phenoxy) is 9. The maximum atomic E-state index is 10.3. The van der Waals surface area contributed by atoms with Crippen LogP contribution in [0.25, 0.3) is 33.5 Å². The highest BCUT2D eigenvalue weighted by Crippen LogP contribution is 2.56. The molecule has 39 nitrogen and oxygen atoms in total. The number of anilines is 3. The number of nitrogens with one attached hydrogen (secondary N) is 1. The van der Waals surface area contributed by atoms with Crippen LogP contribution in [0.15, 0.2) is 87.8 Å². The van der Waals surface area contributed by atoms with Crippen molar-refractivity contribution >= 4 is 103 Å². The standard InChI is InChI=1S/C19H20ClN5O3.C19H27N8O4P.C14H18N6O4.C11H13N5O4.C3H8/c1-2-19-9-27-13(14(19)26-8-11-6-4-3-5-7-11)17(28-19)25-10-22-12-15(20)23-18(21)24-16(12)25;1-5-19-10-28-14(15(19)31-32(21-2)29-8-6-7-20)17(30-19)27-12-23-13-9-22-18(25-16(13)27)24-11-26(3)4;1-19(2)6-17-13-15-3-8-11(18-13)20(7-16-8)12-9-10(22)14(4-21,24-12)5-23-9;12-10-13-1-5-8(15-10)16(4-14-5)9-6-7(18)11(2-17,20-9)3-19-6;1-3-2/h3-7,10,13-14,17H,2,8-9H2,1H3,(H2,21,23,24);11-12,14-15,17H,2,5-6,8-10H2,1,3-4H3,(H,22,25);3,6-7,9-10,12,21-22H,4-5H2,1-2H3;1,4,6-7,9,17-18H,2-3H2,(H2,12,13,15);3H2,1-2H3/t13-,14?,17+,19-;14-,15?,17+,19-,32?;9-,10?,12+,14-;6-,7?,9+,11-;/m0000./s1. The molecule has 41 heteroatoms. The van der Waals surface area contributed by atoms with Gasteiger partial charge in [-0.05, 0) is 25.1 Å². The van der Waals surface area contributed by atoms with Gasteiger partial charge in [-0.1, -0.05) is 76.0 Å². The molecule has 8 bridgehead atoms. The van der Waals surface area contributed by atoms with Crippen molar-refractivity contribution in [3.05, 3.63) is 84.4 Å². The second-order valence-corrected chi connectivity index (χ2v) is 28.4. The summed E-state index contributed by atoms with van der Waals surface area (Å²) in [6.45, 7) is 13.7. The molecule has 9 N–H and O–H groups in total. The molecule has 0 aliphatic carbocycles. The first-order valence-corrected chi connectivity index (χ1v) is 36.2. The average molecular weight is 1520 g/mol. The maximum absolute atomic E-state index is 10.3. The molecule has 0 radical (unpaired) electrons. The van der Waals surface area contributed by atoms with Crippen LogP contribution >= 0.6 is 20.1 Å². The zero-order valence-corrected chi connectivity index (χ0v) is 61.6. The Balaban J connectivity index is 0.000000126. The molecule has 8 fully saturated rings. The third kappa shape index (κ3) is 14.8. The van der Waals surface area contributed by atoms with E-state index in [1.54, 1.807) is 56.5 Å².